The van der Waals surface area contributed by atoms with Crippen LogP contribution in [-0.4, -0.2) is 23.7 Å². The van der Waals surface area contributed by atoms with Gasteiger partial charge >= 0.3 is 5.97 Å². The molecule has 0 bridgehead atoms. The fraction of sp³-hybridized carbons (Fsp3) is 0.750. The van der Waals surface area contributed by atoms with Crippen molar-refractivity contribution in [3.8, 4) is 0 Å². The fourth-order valence-corrected chi connectivity index (χ4v) is 1.43. The first kappa shape index (κ1) is 11.6. The SMILES string of the molecule is COC(=O)C(C)(C)C(=O)[C@@H](C)Br. The van der Waals surface area contributed by atoms with Crippen LogP contribution in [0.2, 0.25) is 0 Å². The Morgan fingerprint density at radius 3 is 2.08 bits per heavy atom. The molecule has 12 heavy (non-hydrogen) atoms. The van der Waals surface area contributed by atoms with Crippen LogP contribution in [0.3, 0.4) is 0 Å². The van der Waals surface area contributed by atoms with Crippen LogP contribution >= 0.6 is 15.9 Å². The molecular weight excluding hydrogens is 224 g/mol. The van der Waals surface area contributed by atoms with Gasteiger partial charge in [0.2, 0.25) is 0 Å². The average molecular weight is 237 g/mol. The van der Waals surface area contributed by atoms with Gasteiger partial charge < -0.3 is 4.74 Å². The monoisotopic (exact) mass is 236 g/mol. The number of methoxy groups -OCH3 is 1. The summed E-state index contributed by atoms with van der Waals surface area (Å²) in [7, 11) is 1.27. The molecule has 70 valence electrons. The van der Waals surface area contributed by atoms with E-state index in [1.54, 1.807) is 20.8 Å². The molecule has 0 fully saturated rings. The summed E-state index contributed by atoms with van der Waals surface area (Å²) in [5, 5.41) is 0. The van der Waals surface area contributed by atoms with Gasteiger partial charge in [0.15, 0.2) is 5.78 Å². The second-order valence-corrected chi connectivity index (χ2v) is 4.47. The predicted octanol–water partition coefficient (Wildman–Crippen LogP) is 1.54. The first-order valence-electron chi connectivity index (χ1n) is 3.60. The van der Waals surface area contributed by atoms with Crippen LogP contribution in [0.1, 0.15) is 20.8 Å². The van der Waals surface area contributed by atoms with E-state index in [9.17, 15) is 9.59 Å². The number of Topliss-reactive ketones (excluding diaryl/α,β-unsaturated/α-hetero) is 1. The summed E-state index contributed by atoms with van der Waals surface area (Å²) in [6.45, 7) is 4.80. The summed E-state index contributed by atoms with van der Waals surface area (Å²) >= 11 is 3.12. The van der Waals surface area contributed by atoms with E-state index in [0.717, 1.165) is 0 Å². The maximum atomic E-state index is 11.4. The zero-order valence-electron chi connectivity index (χ0n) is 7.68. The van der Waals surface area contributed by atoms with Gasteiger partial charge in [0.1, 0.15) is 5.41 Å². The molecule has 0 N–H and O–H groups in total. The molecule has 0 aliphatic rings. The normalized spacial score (nSPS) is 13.8. The number of rotatable bonds is 3. The van der Waals surface area contributed by atoms with Crippen molar-refractivity contribution in [1.29, 1.82) is 0 Å². The summed E-state index contributed by atoms with van der Waals surface area (Å²) in [6.07, 6.45) is 0. The van der Waals surface area contributed by atoms with Gasteiger partial charge in [-0.15, -0.1) is 0 Å². The van der Waals surface area contributed by atoms with Crippen molar-refractivity contribution in [3.63, 3.8) is 0 Å². The average Bonchev–Trinajstić information content (AvgIpc) is 2.01. The summed E-state index contributed by atoms with van der Waals surface area (Å²) in [5.74, 6) is -0.673. The zero-order chi connectivity index (χ0) is 9.94. The second kappa shape index (κ2) is 4.03. The van der Waals surface area contributed by atoms with E-state index in [-0.39, 0.29) is 10.6 Å². The van der Waals surface area contributed by atoms with E-state index in [1.165, 1.54) is 7.11 Å². The van der Waals surface area contributed by atoms with E-state index < -0.39 is 11.4 Å². The lowest BCUT2D eigenvalue weighted by atomic mass is 9.87. The first-order chi connectivity index (χ1) is 5.34. The number of ketones is 1. The maximum Gasteiger partial charge on any atom is 0.318 e. The highest BCUT2D eigenvalue weighted by molar-refractivity contribution is 9.10. The fourth-order valence-electron chi connectivity index (χ4n) is 0.853. The Bertz CT molecular complexity index is 196. The summed E-state index contributed by atoms with van der Waals surface area (Å²) in [5.41, 5.74) is -1.06. The highest BCUT2D eigenvalue weighted by Crippen LogP contribution is 2.22. The Kier molecular flexibility index (Phi) is 3.90. The number of ether oxygens (including phenoxy) is 1. The van der Waals surface area contributed by atoms with Gasteiger partial charge in [-0.3, -0.25) is 9.59 Å². The van der Waals surface area contributed by atoms with Gasteiger partial charge in [0, 0.05) is 0 Å². The Labute approximate surface area is 80.6 Å². The van der Waals surface area contributed by atoms with E-state index in [2.05, 4.69) is 20.7 Å². The minimum absolute atomic E-state index is 0.172. The van der Waals surface area contributed by atoms with Crippen molar-refractivity contribution in [3.05, 3.63) is 0 Å². The van der Waals surface area contributed by atoms with Crippen LogP contribution in [-0.2, 0) is 14.3 Å². The standard InChI is InChI=1S/C8H13BrO3/c1-5(9)6(10)8(2,3)7(11)12-4/h5H,1-4H3/t5-/m1/s1. The number of hydrogen-bond acceptors (Lipinski definition) is 3. The smallest absolute Gasteiger partial charge is 0.318 e. The van der Waals surface area contributed by atoms with E-state index >= 15 is 0 Å². The molecule has 1 atom stereocenters. The number of esters is 1. The molecule has 0 aliphatic carbocycles. The minimum Gasteiger partial charge on any atom is -0.468 e. The molecule has 0 aliphatic heterocycles. The van der Waals surface area contributed by atoms with Crippen molar-refractivity contribution < 1.29 is 14.3 Å². The predicted molar refractivity (Wildman–Crippen MR) is 49.2 cm³/mol. The Balaban J connectivity index is 4.61. The molecule has 3 nitrogen and oxygen atoms in total. The third-order valence-electron chi connectivity index (χ3n) is 1.67. The van der Waals surface area contributed by atoms with Gasteiger partial charge in [-0.2, -0.15) is 0 Å². The largest absolute Gasteiger partial charge is 0.468 e. The highest BCUT2D eigenvalue weighted by atomic mass is 79.9. The van der Waals surface area contributed by atoms with Gasteiger partial charge in [-0.25, -0.2) is 0 Å². The molecule has 0 aromatic rings. The maximum absolute atomic E-state index is 11.4. The molecule has 0 unspecified atom stereocenters. The number of hydrogen-bond donors (Lipinski definition) is 0. The summed E-state index contributed by atoms with van der Waals surface area (Å²) in [6, 6.07) is 0. The van der Waals surface area contributed by atoms with Gasteiger partial charge in [-0.05, 0) is 20.8 Å². The molecule has 0 saturated carbocycles. The highest BCUT2D eigenvalue weighted by Gasteiger charge is 2.38. The quantitative estimate of drug-likeness (QED) is 0.424. The van der Waals surface area contributed by atoms with Crippen molar-refractivity contribution in [1.82, 2.24) is 0 Å². The van der Waals surface area contributed by atoms with Crippen molar-refractivity contribution >= 4 is 27.7 Å². The topological polar surface area (TPSA) is 43.4 Å². The van der Waals surface area contributed by atoms with Crippen molar-refractivity contribution in [2.75, 3.05) is 7.11 Å². The third-order valence-corrected chi connectivity index (χ3v) is 2.09. The Morgan fingerprint density at radius 1 is 1.42 bits per heavy atom. The van der Waals surface area contributed by atoms with Crippen LogP contribution < -0.4 is 0 Å². The number of carbonyl (C=O) groups excluding carboxylic acids is 2. The van der Waals surface area contributed by atoms with Crippen molar-refractivity contribution in [2.45, 2.75) is 25.6 Å². The number of carbonyl (C=O) groups is 2. The molecule has 4 heteroatoms. The van der Waals surface area contributed by atoms with E-state index in [1.807, 2.05) is 0 Å². The van der Waals surface area contributed by atoms with E-state index in [4.69, 9.17) is 0 Å². The molecule has 0 heterocycles. The summed E-state index contributed by atoms with van der Waals surface area (Å²) in [4.78, 5) is 22.2. The molecule has 0 spiro atoms. The Morgan fingerprint density at radius 2 is 1.83 bits per heavy atom. The van der Waals surface area contributed by atoms with Gasteiger partial charge in [-0.1, -0.05) is 15.9 Å². The third kappa shape index (κ3) is 2.30. The number of halogens is 1. The molecule has 0 amide bonds. The molecule has 0 aromatic heterocycles. The number of alkyl halides is 1. The second-order valence-electron chi connectivity index (χ2n) is 3.10. The molecule has 0 radical (unpaired) electrons. The van der Waals surface area contributed by atoms with Crippen LogP contribution in [0.25, 0.3) is 0 Å². The Hall–Kier alpha value is -0.380. The molecular formula is C8H13BrO3. The lowest BCUT2D eigenvalue weighted by Crippen LogP contribution is -2.38. The molecule has 0 saturated heterocycles. The van der Waals surface area contributed by atoms with Crippen LogP contribution in [0, 0.1) is 5.41 Å². The van der Waals surface area contributed by atoms with Crippen LogP contribution in [0.4, 0.5) is 0 Å². The van der Waals surface area contributed by atoms with E-state index in [0.29, 0.717) is 0 Å². The van der Waals surface area contributed by atoms with Gasteiger partial charge in [0.25, 0.3) is 0 Å². The van der Waals surface area contributed by atoms with Gasteiger partial charge in [0.05, 0.1) is 11.9 Å². The summed E-state index contributed by atoms with van der Waals surface area (Å²) < 4.78 is 4.51. The molecule has 0 aromatic carbocycles. The van der Waals surface area contributed by atoms with Crippen LogP contribution in [0.15, 0.2) is 0 Å². The van der Waals surface area contributed by atoms with Crippen molar-refractivity contribution in [2.24, 2.45) is 5.41 Å². The zero-order valence-corrected chi connectivity index (χ0v) is 9.27. The lowest BCUT2D eigenvalue weighted by molar-refractivity contribution is -0.155. The lowest BCUT2D eigenvalue weighted by Gasteiger charge is -2.20. The minimum atomic E-state index is -1.06. The first-order valence-corrected chi connectivity index (χ1v) is 4.52. The van der Waals surface area contributed by atoms with Crippen LogP contribution in [0.5, 0.6) is 0 Å². The molecule has 0 rings (SSSR count).